The normalized spacial score (nSPS) is 22.8. The fraction of sp³-hybridized carbons (Fsp3) is 0.279. The molecule has 21 nitrogen and oxygen atoms in total. The number of amides is 4. The predicted molar refractivity (Wildman–Crippen MR) is 430 cm³/mol. The van der Waals surface area contributed by atoms with E-state index >= 15 is 0 Å². The molecule has 1 spiro atoms. The third-order valence-electron chi connectivity index (χ3n) is 21.7. The molecule has 1 aliphatic carbocycles. The minimum atomic E-state index is -4.47. The molecule has 2 saturated heterocycles. The summed E-state index contributed by atoms with van der Waals surface area (Å²) in [6.07, 6.45) is -4.41. The highest BCUT2D eigenvalue weighted by atomic mass is 32.1. The zero-order valence-corrected chi connectivity index (χ0v) is 65.2. The highest BCUT2D eigenvalue weighted by molar-refractivity contribution is 7.11. The van der Waals surface area contributed by atoms with Crippen molar-refractivity contribution in [3.8, 4) is 57.7 Å². The van der Waals surface area contributed by atoms with Crippen molar-refractivity contribution < 1.29 is 45.5 Å². The summed E-state index contributed by atoms with van der Waals surface area (Å²) in [5.41, 5.74) is 25.5. The van der Waals surface area contributed by atoms with Crippen molar-refractivity contribution >= 4 is 75.8 Å². The molecule has 7 aromatic carbocycles. The molecule has 1 unspecified atom stereocenters. The van der Waals surface area contributed by atoms with E-state index in [0.717, 1.165) is 117 Å². The van der Waals surface area contributed by atoms with Crippen molar-refractivity contribution in [3.63, 3.8) is 0 Å². The number of likely N-dealkylation sites (N-methyl/N-ethyl adjacent to an activating group) is 2. The number of hydrogen-bond donors (Lipinski definition) is 5. The minimum absolute atomic E-state index is 0.00548. The summed E-state index contributed by atoms with van der Waals surface area (Å²) in [6.45, 7) is 7.09. The smallest absolute Gasteiger partial charge is 0.370 e. The lowest BCUT2D eigenvalue weighted by Gasteiger charge is -2.43. The number of aliphatic imine (C=N–C) groups is 4. The number of thiophene rings is 2. The summed E-state index contributed by atoms with van der Waals surface area (Å²) in [6, 6.07) is 58.0. The maximum Gasteiger partial charge on any atom is 0.416 e. The number of nitrogens with one attached hydrogen (secondary N) is 2. The fourth-order valence-corrected chi connectivity index (χ4v) is 17.4. The minimum Gasteiger partial charge on any atom is -0.370 e. The van der Waals surface area contributed by atoms with Gasteiger partial charge in [0.1, 0.15) is 11.1 Å². The molecule has 4 amide bonds. The van der Waals surface area contributed by atoms with E-state index in [1.165, 1.54) is 86.9 Å². The molecule has 586 valence electrons. The zero-order valence-electron chi connectivity index (χ0n) is 63.6. The van der Waals surface area contributed by atoms with Gasteiger partial charge in [-0.25, -0.2) is 15.0 Å². The summed E-state index contributed by atoms with van der Waals surface area (Å²) >= 11 is 2.76. The van der Waals surface area contributed by atoms with Crippen LogP contribution in [0.4, 0.5) is 32.0 Å². The third-order valence-corrected chi connectivity index (χ3v) is 24.0. The second-order valence-corrected chi connectivity index (χ2v) is 31.1. The van der Waals surface area contributed by atoms with E-state index in [1.54, 1.807) is 70.4 Å². The summed E-state index contributed by atoms with van der Waals surface area (Å²) in [5, 5.41) is 46.7. The third kappa shape index (κ3) is 16.9. The predicted octanol–water partition coefficient (Wildman–Crippen LogP) is 14.5. The summed E-state index contributed by atoms with van der Waals surface area (Å²) < 4.78 is 78.3. The van der Waals surface area contributed by atoms with Gasteiger partial charge in [0.25, 0.3) is 0 Å². The maximum absolute atomic E-state index is 13.3. The highest BCUT2D eigenvalue weighted by Crippen LogP contribution is 2.50. The Balaban J connectivity index is 0.000000143. The molecule has 8 N–H and O–H groups in total. The molecule has 2 aromatic heterocycles. The maximum atomic E-state index is 13.3. The van der Waals surface area contributed by atoms with Gasteiger partial charge in [-0.2, -0.15) is 47.4 Å². The van der Waals surface area contributed by atoms with Gasteiger partial charge in [-0.15, -0.1) is 22.7 Å². The molecular weight excluding hydrogens is 1510 g/mol. The molecule has 0 bridgehead atoms. The molecule has 15 rings (SSSR count). The van der Waals surface area contributed by atoms with Gasteiger partial charge in [0.05, 0.1) is 93.8 Å². The lowest BCUT2D eigenvalue weighted by molar-refractivity contribution is -0.138. The molecule has 0 saturated carbocycles. The van der Waals surface area contributed by atoms with Gasteiger partial charge in [-0.1, -0.05) is 84.9 Å². The van der Waals surface area contributed by atoms with Gasteiger partial charge in [0.15, 0.2) is 23.8 Å². The quantitative estimate of drug-likeness (QED) is 0.0840. The molecule has 5 aliphatic heterocycles. The number of benzene rings is 7. The SMILES string of the molecule is CN1C(=O)C[C@@](C)(c2cccc(N3CCC(C#N)C3)c2)N=C1N.CN1C(=O)[C@@H](c2ccc(C(F)(F)F)cc2)[C@@](C)(c2cc(-c3cccc(C#N)c3)cs2)N=C1N.CN1C(=O)[C@H](c2ccc(C(F)(F)F)cc2)[C@@](C)(c2cc(-c3cccc(C#N)c3)cs2)N=C1N.CN=C1NC(=O)C[C@]2(CCCc3ccc(-c4cccc(C#N)c4)cc32)N1. The average Bonchev–Trinajstić information content (AvgIpc) is 1.74. The van der Waals surface area contributed by atoms with E-state index in [2.05, 4.69) is 84.0 Å². The molecule has 2 fully saturated rings. The molecule has 7 atom stereocenters. The first-order valence-corrected chi connectivity index (χ1v) is 38.3. The Hall–Kier alpha value is -13.0. The standard InChI is InChI=1S/2C24H19F3N4OS.C21H20N4O.C17H21N5O/c2*1-23(19-11-17(13-33-19)16-5-3-4-14(10-16)12-28)20(21(32)31(2)22(29)30-23)15-6-8-18(9-7-15)24(25,26)27;1-23-20-24-19(26)12-21(25-20)9-3-6-15-7-8-17(11-18(15)21)16-5-2-4-14(10-16)13-22;1-17(9-15(23)21(2)16(19)20-17)13-4-3-5-14(8-13)22-7-6-12(10-18)11-22/h2*3-11,13,20H,1-2H3,(H2,29,30);2,4-5,7-8,10-11H,3,6,9,12H2,1H3,(H2,23,24,25,26);3-5,8,12H,6-7,9,11H2,1-2H3,(H2,19,20)/t20-,23+;20-,23-;21-;12?,17-/m0100/s1. The first-order valence-electron chi connectivity index (χ1n) is 36.5. The first kappa shape index (κ1) is 81.5. The van der Waals surface area contributed by atoms with Crippen LogP contribution in [0.25, 0.3) is 33.4 Å². The number of nitrogens with zero attached hydrogens (tertiary/aromatic N) is 12. The van der Waals surface area contributed by atoms with Crippen molar-refractivity contribution in [3.05, 3.63) is 252 Å². The Bertz CT molecular complexity index is 5390. The monoisotopic (exact) mass is 1590 g/mol. The molecule has 0 radical (unpaired) electrons. The Kier molecular flexibility index (Phi) is 23.1. The van der Waals surface area contributed by atoms with Gasteiger partial charge in [0, 0.05) is 56.7 Å². The highest BCUT2D eigenvalue weighted by Gasteiger charge is 2.51. The Morgan fingerprint density at radius 1 is 0.557 bits per heavy atom. The van der Waals surface area contributed by atoms with Gasteiger partial charge < -0.3 is 27.4 Å². The first-order chi connectivity index (χ1) is 54.6. The van der Waals surface area contributed by atoms with Gasteiger partial charge >= 0.3 is 12.4 Å². The number of nitriles is 4. The summed E-state index contributed by atoms with van der Waals surface area (Å²) in [4.78, 5) is 76.4. The Labute approximate surface area is 668 Å². The van der Waals surface area contributed by atoms with E-state index < -0.39 is 57.5 Å². The molecule has 7 heterocycles. The topological polar surface area (TPSA) is 328 Å². The number of anilines is 1. The second kappa shape index (κ2) is 32.6. The van der Waals surface area contributed by atoms with E-state index in [0.29, 0.717) is 46.6 Å². The number of alkyl halides is 6. The van der Waals surface area contributed by atoms with E-state index in [1.807, 2.05) is 78.3 Å². The van der Waals surface area contributed by atoms with Crippen LogP contribution < -0.4 is 32.7 Å². The van der Waals surface area contributed by atoms with Crippen molar-refractivity contribution in [1.82, 2.24) is 25.3 Å². The Morgan fingerprint density at radius 3 is 1.48 bits per heavy atom. The van der Waals surface area contributed by atoms with Crippen LogP contribution >= 0.6 is 22.7 Å². The Morgan fingerprint density at radius 2 is 1.03 bits per heavy atom. The lowest BCUT2D eigenvalue weighted by atomic mass is 9.73. The van der Waals surface area contributed by atoms with Crippen LogP contribution in [0.2, 0.25) is 0 Å². The number of rotatable bonds is 9. The second-order valence-electron chi connectivity index (χ2n) is 29.3. The van der Waals surface area contributed by atoms with Crippen LogP contribution in [0, 0.1) is 51.2 Å². The number of hydrogen-bond acceptors (Lipinski definition) is 18. The average molecular weight is 1590 g/mol. The van der Waals surface area contributed by atoms with E-state index in [-0.39, 0.29) is 47.4 Å². The van der Waals surface area contributed by atoms with Crippen LogP contribution in [-0.4, -0.2) is 103 Å². The number of fused-ring (bicyclic) bond motifs is 2. The molecule has 115 heavy (non-hydrogen) atoms. The number of guanidine groups is 4. The van der Waals surface area contributed by atoms with Gasteiger partial charge in [0.2, 0.25) is 23.6 Å². The van der Waals surface area contributed by atoms with Gasteiger partial charge in [-0.3, -0.25) is 44.2 Å². The fourth-order valence-electron chi connectivity index (χ4n) is 15.2. The molecule has 29 heteroatoms. The van der Waals surface area contributed by atoms with E-state index in [4.69, 9.17) is 27.7 Å². The van der Waals surface area contributed by atoms with Crippen LogP contribution in [0.1, 0.15) is 130 Å². The molecular formula is C86H79F6N17O4S2. The van der Waals surface area contributed by atoms with Crippen molar-refractivity contribution in [2.75, 3.05) is 46.2 Å². The van der Waals surface area contributed by atoms with E-state index in [9.17, 15) is 56.0 Å². The summed E-state index contributed by atoms with van der Waals surface area (Å²) in [7, 11) is 6.30. The number of nitrogens with two attached hydrogens (primary N) is 3. The van der Waals surface area contributed by atoms with Gasteiger partial charge in [-0.05, 0) is 209 Å². The summed E-state index contributed by atoms with van der Waals surface area (Å²) in [5.74, 6) is -1.54. The van der Waals surface area contributed by atoms with Crippen LogP contribution in [0.5, 0.6) is 0 Å². The number of aryl methyl sites for hydroxylation is 1. The van der Waals surface area contributed by atoms with Crippen LogP contribution in [0.15, 0.2) is 207 Å². The largest absolute Gasteiger partial charge is 0.416 e. The zero-order chi connectivity index (χ0) is 82.7. The molecule has 6 aliphatic rings. The number of halogens is 6. The molecule has 9 aromatic rings. The lowest BCUT2D eigenvalue weighted by Crippen LogP contribution is -2.60. The van der Waals surface area contributed by atoms with Crippen LogP contribution in [0.3, 0.4) is 0 Å². The van der Waals surface area contributed by atoms with Crippen molar-refractivity contribution in [1.29, 1.82) is 21.0 Å². The van der Waals surface area contributed by atoms with Crippen molar-refractivity contribution in [2.24, 2.45) is 43.1 Å². The van der Waals surface area contributed by atoms with Crippen LogP contribution in [-0.2, 0) is 60.1 Å². The number of carbonyl (C=O) groups is 4. The number of carbonyl (C=O) groups excluding carboxylic acids is 4. The van der Waals surface area contributed by atoms with Crippen molar-refractivity contribution in [2.45, 2.75) is 106 Å².